The largest absolute Gasteiger partial charge is 0.378 e. The highest BCUT2D eigenvalue weighted by Crippen LogP contribution is 2.24. The number of hydrazone groups is 1. The third kappa shape index (κ3) is 4.54. The summed E-state index contributed by atoms with van der Waals surface area (Å²) in [6.45, 7) is 4.33. The average molecular weight is 391 g/mol. The second-order valence-corrected chi connectivity index (χ2v) is 7.03. The van der Waals surface area contributed by atoms with Crippen molar-refractivity contribution in [2.45, 2.75) is 25.1 Å². The summed E-state index contributed by atoms with van der Waals surface area (Å²) in [5.74, 6) is -0.281. The summed E-state index contributed by atoms with van der Waals surface area (Å²) in [6, 6.07) is 5.41. The number of hydrogen-bond donors (Lipinski definition) is 0. The van der Waals surface area contributed by atoms with Crippen LogP contribution in [0.4, 0.5) is 5.69 Å². The van der Waals surface area contributed by atoms with E-state index in [1.165, 1.54) is 11.2 Å². The van der Waals surface area contributed by atoms with Gasteiger partial charge in [-0.05, 0) is 30.2 Å². The minimum absolute atomic E-state index is 0.00768. The van der Waals surface area contributed by atoms with Crippen LogP contribution < -0.4 is 0 Å². The molecule has 2 amide bonds. The highest BCUT2D eigenvalue weighted by Gasteiger charge is 2.24. The van der Waals surface area contributed by atoms with Crippen molar-refractivity contribution in [3.05, 3.63) is 29.3 Å². The normalized spacial score (nSPS) is 22.3. The molecule has 7 nitrogen and oxygen atoms in total. The van der Waals surface area contributed by atoms with E-state index in [1.54, 1.807) is 24.1 Å². The van der Waals surface area contributed by atoms with Gasteiger partial charge in [0.25, 0.3) is 11.8 Å². The van der Waals surface area contributed by atoms with Gasteiger partial charge in [-0.25, -0.2) is 10.0 Å². The summed E-state index contributed by atoms with van der Waals surface area (Å²) < 4.78 is 5.30. The van der Waals surface area contributed by atoms with E-state index >= 15 is 0 Å². The van der Waals surface area contributed by atoms with Gasteiger partial charge in [0.2, 0.25) is 0 Å². The summed E-state index contributed by atoms with van der Waals surface area (Å²) in [5, 5.41) is 4.85. The predicted molar refractivity (Wildman–Crippen MR) is 105 cm³/mol. The molecular formula is C19H23ClN4O3. The van der Waals surface area contributed by atoms with E-state index in [9.17, 15) is 9.59 Å². The van der Waals surface area contributed by atoms with Crippen LogP contribution in [0.1, 0.15) is 29.3 Å². The van der Waals surface area contributed by atoms with E-state index in [4.69, 9.17) is 16.3 Å². The number of carbonyl (C=O) groups excluding carboxylic acids is 2. The number of rotatable bonds is 3. The number of alkyl halides is 1. The molecule has 8 heteroatoms. The summed E-state index contributed by atoms with van der Waals surface area (Å²) in [7, 11) is 1.58. The molecule has 0 bridgehead atoms. The molecule has 1 fully saturated rings. The van der Waals surface area contributed by atoms with Crippen LogP contribution in [0.25, 0.3) is 0 Å². The molecule has 1 atom stereocenters. The summed E-state index contributed by atoms with van der Waals surface area (Å²) in [5.41, 5.74) is 2.57. The van der Waals surface area contributed by atoms with Crippen LogP contribution in [0, 0.1) is 0 Å². The third-order valence-corrected chi connectivity index (χ3v) is 4.86. The van der Waals surface area contributed by atoms with Crippen LogP contribution in [0.5, 0.6) is 0 Å². The number of carbonyl (C=O) groups is 2. The van der Waals surface area contributed by atoms with Crippen LogP contribution in [-0.2, 0) is 16.0 Å². The smallest absolute Gasteiger partial charge is 0.288 e. The zero-order chi connectivity index (χ0) is 19.4. The molecule has 2 aliphatic heterocycles. The van der Waals surface area contributed by atoms with Gasteiger partial charge in [0.1, 0.15) is 5.71 Å². The van der Waals surface area contributed by atoms with Crippen molar-refractivity contribution < 1.29 is 14.3 Å². The molecule has 1 aromatic carbocycles. The summed E-state index contributed by atoms with van der Waals surface area (Å²) >= 11 is 6.17. The molecule has 0 spiro atoms. The van der Waals surface area contributed by atoms with Crippen LogP contribution in [0.2, 0.25) is 0 Å². The maximum absolute atomic E-state index is 12.7. The van der Waals surface area contributed by atoms with Crippen molar-refractivity contribution in [2.75, 3.05) is 33.4 Å². The first kappa shape index (κ1) is 19.5. The second-order valence-electron chi connectivity index (χ2n) is 6.47. The fraction of sp³-hybridized carbons (Fsp3) is 0.474. The highest BCUT2D eigenvalue weighted by atomic mass is 35.5. The Balaban J connectivity index is 1.88. The SMILES string of the molecule is CCc1cc(C(=O)N2CCOCC2)ccc1N=C1CC(Cl)C=NN(C)C1=O. The van der Waals surface area contributed by atoms with Crippen molar-refractivity contribution in [3.63, 3.8) is 0 Å². The maximum atomic E-state index is 12.7. The molecule has 0 saturated carbocycles. The lowest BCUT2D eigenvalue weighted by Crippen LogP contribution is -2.40. The first-order chi connectivity index (χ1) is 13.0. The predicted octanol–water partition coefficient (Wildman–Crippen LogP) is 2.25. The number of aliphatic imine (C=N–C) groups is 1. The van der Waals surface area contributed by atoms with E-state index in [0.717, 1.165) is 5.56 Å². The number of amides is 2. The van der Waals surface area contributed by atoms with Gasteiger partial charge < -0.3 is 9.64 Å². The topological polar surface area (TPSA) is 74.6 Å². The molecule has 0 radical (unpaired) electrons. The molecule has 144 valence electrons. The fourth-order valence-corrected chi connectivity index (χ4v) is 3.23. The number of nitrogens with zero attached hydrogens (tertiary/aromatic N) is 4. The molecule has 0 N–H and O–H groups in total. The molecule has 0 aliphatic carbocycles. The molecule has 1 aromatic rings. The Labute approximate surface area is 163 Å². The molecule has 2 heterocycles. The van der Waals surface area contributed by atoms with Crippen LogP contribution in [0.15, 0.2) is 28.3 Å². The quantitative estimate of drug-likeness (QED) is 0.743. The zero-order valence-corrected chi connectivity index (χ0v) is 16.3. The number of aryl methyl sites for hydroxylation is 1. The molecule has 2 aliphatic rings. The Morgan fingerprint density at radius 1 is 1.37 bits per heavy atom. The third-order valence-electron chi connectivity index (χ3n) is 4.59. The second kappa shape index (κ2) is 8.63. The average Bonchev–Trinajstić information content (AvgIpc) is 2.82. The Morgan fingerprint density at radius 2 is 2.11 bits per heavy atom. The molecule has 1 saturated heterocycles. The molecule has 1 unspecified atom stereocenters. The van der Waals surface area contributed by atoms with Crippen LogP contribution >= 0.6 is 11.6 Å². The van der Waals surface area contributed by atoms with Gasteiger partial charge in [0.05, 0.1) is 24.3 Å². The van der Waals surface area contributed by atoms with E-state index in [2.05, 4.69) is 10.1 Å². The fourth-order valence-electron chi connectivity index (χ4n) is 3.03. The van der Waals surface area contributed by atoms with Gasteiger partial charge in [0, 0.05) is 38.3 Å². The number of ether oxygens (including phenoxy) is 1. The summed E-state index contributed by atoms with van der Waals surface area (Å²) in [6.07, 6.45) is 2.54. The van der Waals surface area contributed by atoms with Gasteiger partial charge in [0.15, 0.2) is 0 Å². The monoisotopic (exact) mass is 390 g/mol. The Bertz CT molecular complexity index is 787. The van der Waals surface area contributed by atoms with E-state index in [1.807, 2.05) is 13.0 Å². The van der Waals surface area contributed by atoms with E-state index < -0.39 is 0 Å². The van der Waals surface area contributed by atoms with Crippen molar-refractivity contribution in [1.82, 2.24) is 9.91 Å². The number of halogens is 1. The molecular weight excluding hydrogens is 368 g/mol. The Hall–Kier alpha value is -2.25. The van der Waals surface area contributed by atoms with Crippen molar-refractivity contribution >= 4 is 41.0 Å². The zero-order valence-electron chi connectivity index (χ0n) is 15.5. The van der Waals surface area contributed by atoms with Crippen LogP contribution in [-0.4, -0.2) is 72.4 Å². The molecule has 0 aromatic heterocycles. The van der Waals surface area contributed by atoms with E-state index in [0.29, 0.717) is 56.1 Å². The van der Waals surface area contributed by atoms with E-state index in [-0.39, 0.29) is 17.2 Å². The van der Waals surface area contributed by atoms with Crippen molar-refractivity contribution in [2.24, 2.45) is 10.1 Å². The molecule has 27 heavy (non-hydrogen) atoms. The lowest BCUT2D eigenvalue weighted by atomic mass is 10.0. The number of hydrogen-bond acceptors (Lipinski definition) is 5. The lowest BCUT2D eigenvalue weighted by molar-refractivity contribution is -0.122. The minimum Gasteiger partial charge on any atom is -0.378 e. The standard InChI is InChI=1S/C19H23ClN4O3/c1-3-13-10-14(18(25)24-6-8-27-9-7-24)4-5-16(13)22-17-11-15(20)12-21-23(2)19(17)26/h4-5,10,12,15H,3,6-9,11H2,1-2H3. The molecule has 3 rings (SSSR count). The number of benzene rings is 1. The number of morpholine rings is 1. The summed E-state index contributed by atoms with van der Waals surface area (Å²) in [4.78, 5) is 31.5. The van der Waals surface area contributed by atoms with Gasteiger partial charge in [-0.15, -0.1) is 11.6 Å². The lowest BCUT2D eigenvalue weighted by Gasteiger charge is -2.27. The van der Waals surface area contributed by atoms with Gasteiger partial charge in [-0.2, -0.15) is 5.10 Å². The van der Waals surface area contributed by atoms with Gasteiger partial charge in [-0.3, -0.25) is 9.59 Å². The Morgan fingerprint density at radius 3 is 2.81 bits per heavy atom. The van der Waals surface area contributed by atoms with Gasteiger partial charge in [-0.1, -0.05) is 6.92 Å². The first-order valence-corrected chi connectivity index (χ1v) is 9.47. The maximum Gasteiger partial charge on any atom is 0.288 e. The van der Waals surface area contributed by atoms with Crippen LogP contribution in [0.3, 0.4) is 0 Å². The highest BCUT2D eigenvalue weighted by molar-refractivity contribution is 6.42. The minimum atomic E-state index is -0.384. The Kier molecular flexibility index (Phi) is 6.23. The van der Waals surface area contributed by atoms with Crippen molar-refractivity contribution in [3.8, 4) is 0 Å². The van der Waals surface area contributed by atoms with Crippen molar-refractivity contribution in [1.29, 1.82) is 0 Å². The van der Waals surface area contributed by atoms with Gasteiger partial charge >= 0.3 is 0 Å². The first-order valence-electron chi connectivity index (χ1n) is 9.03.